The summed E-state index contributed by atoms with van der Waals surface area (Å²) in [6.45, 7) is 1.47. The quantitative estimate of drug-likeness (QED) is 0.159. The number of hydrogen-bond acceptors (Lipinski definition) is 6. The summed E-state index contributed by atoms with van der Waals surface area (Å²) in [5, 5.41) is 21.8. The predicted molar refractivity (Wildman–Crippen MR) is 130 cm³/mol. The van der Waals surface area contributed by atoms with Crippen LogP contribution in [-0.4, -0.2) is 52.4 Å². The molecular weight excluding hydrogens is 482 g/mol. The second-order valence-corrected chi connectivity index (χ2v) is 9.21. The molecule has 0 bridgehead atoms. The number of halogens is 4. The molecule has 0 spiro atoms. The molecule has 4 rings (SSSR count). The van der Waals surface area contributed by atoms with E-state index < -0.39 is 17.6 Å². The van der Waals surface area contributed by atoms with Gasteiger partial charge in [0.2, 0.25) is 5.88 Å². The van der Waals surface area contributed by atoms with Gasteiger partial charge in [-0.2, -0.15) is 23.3 Å². The first-order chi connectivity index (χ1) is 16.6. The number of rotatable bonds is 8. The zero-order valence-corrected chi connectivity index (χ0v) is 19.8. The first-order valence-electron chi connectivity index (χ1n) is 10.7. The number of aromatic hydroxyl groups is 1. The van der Waals surface area contributed by atoms with Crippen LogP contribution in [0.3, 0.4) is 0 Å². The maximum atomic E-state index is 13.7. The van der Waals surface area contributed by atoms with Crippen LogP contribution in [0.25, 0.3) is 22.6 Å². The molecule has 2 aromatic heterocycles. The molecule has 3 N–H and O–H groups in total. The lowest BCUT2D eigenvalue weighted by Crippen LogP contribution is -2.16. The van der Waals surface area contributed by atoms with Crippen LogP contribution >= 0.6 is 11.3 Å². The Bertz CT molecular complexity index is 1360. The highest BCUT2D eigenvalue weighted by Crippen LogP contribution is 2.41. The minimum atomic E-state index is -4.76. The Morgan fingerprint density at radius 1 is 1.20 bits per heavy atom. The monoisotopic (exact) mass is 505 g/mol. The summed E-state index contributed by atoms with van der Waals surface area (Å²) in [6.07, 6.45) is -1.03. The molecule has 0 saturated carbocycles. The number of aromatic amines is 1. The van der Waals surface area contributed by atoms with Crippen molar-refractivity contribution >= 4 is 39.0 Å². The van der Waals surface area contributed by atoms with Gasteiger partial charge in [0.25, 0.3) is 0 Å². The fourth-order valence-electron chi connectivity index (χ4n) is 3.60. The maximum Gasteiger partial charge on any atom is 0.417 e. The Morgan fingerprint density at radius 2 is 2.00 bits per heavy atom. The lowest BCUT2D eigenvalue weighted by Gasteiger charge is -2.13. The Morgan fingerprint density at radius 3 is 2.74 bits per heavy atom. The zero-order valence-electron chi connectivity index (χ0n) is 18.9. The standard InChI is InChI=1S/C24H23F4N5OS/c1-33(2)9-3-8-29-23-31-22(34)21(35-23)18(14-5-7-20-16(10-14)13-30-32-20)11-15-4-6-17(25)12-19(15)24(26,27)28/h4-7,10-13,34H,3,8-9H2,1-2H3,(H,29,31)(H,30,32). The van der Waals surface area contributed by atoms with Crippen LogP contribution in [0.15, 0.2) is 42.6 Å². The third-order valence-corrected chi connectivity index (χ3v) is 6.32. The molecule has 0 unspecified atom stereocenters. The number of aromatic nitrogens is 3. The highest BCUT2D eigenvalue weighted by molar-refractivity contribution is 7.17. The molecule has 184 valence electrons. The van der Waals surface area contributed by atoms with E-state index in [0.29, 0.717) is 33.8 Å². The van der Waals surface area contributed by atoms with Crippen molar-refractivity contribution in [1.82, 2.24) is 20.1 Å². The van der Waals surface area contributed by atoms with Crippen LogP contribution in [0.2, 0.25) is 0 Å². The average molecular weight is 506 g/mol. The predicted octanol–water partition coefficient (Wildman–Crippen LogP) is 5.84. The van der Waals surface area contributed by atoms with Gasteiger partial charge < -0.3 is 15.3 Å². The number of anilines is 1. The second-order valence-electron chi connectivity index (χ2n) is 8.21. The summed E-state index contributed by atoms with van der Waals surface area (Å²) in [4.78, 5) is 6.49. The van der Waals surface area contributed by atoms with Crippen LogP contribution in [-0.2, 0) is 6.18 Å². The number of nitrogens with zero attached hydrogens (tertiary/aromatic N) is 3. The lowest BCUT2D eigenvalue weighted by molar-refractivity contribution is -0.137. The summed E-state index contributed by atoms with van der Waals surface area (Å²) in [5.41, 5.74) is 0.290. The van der Waals surface area contributed by atoms with E-state index in [1.54, 1.807) is 24.4 Å². The van der Waals surface area contributed by atoms with Gasteiger partial charge in [0.1, 0.15) is 10.7 Å². The van der Waals surface area contributed by atoms with E-state index in [4.69, 9.17) is 0 Å². The summed E-state index contributed by atoms with van der Waals surface area (Å²) in [7, 11) is 3.93. The maximum absolute atomic E-state index is 13.7. The molecule has 0 fully saturated rings. The van der Waals surface area contributed by atoms with Gasteiger partial charge in [-0.25, -0.2) is 4.39 Å². The number of fused-ring (bicyclic) bond motifs is 1. The van der Waals surface area contributed by atoms with Crippen molar-refractivity contribution in [1.29, 1.82) is 0 Å². The van der Waals surface area contributed by atoms with E-state index >= 15 is 0 Å². The van der Waals surface area contributed by atoms with E-state index in [0.717, 1.165) is 47.3 Å². The van der Waals surface area contributed by atoms with Crippen LogP contribution in [0.1, 0.15) is 28.0 Å². The van der Waals surface area contributed by atoms with E-state index in [-0.39, 0.29) is 11.4 Å². The number of H-pyrrole nitrogens is 1. The first-order valence-corrected chi connectivity index (χ1v) is 11.5. The van der Waals surface area contributed by atoms with Crippen molar-refractivity contribution in [3.8, 4) is 5.88 Å². The highest BCUT2D eigenvalue weighted by Gasteiger charge is 2.33. The Balaban J connectivity index is 1.80. The van der Waals surface area contributed by atoms with Crippen molar-refractivity contribution in [2.45, 2.75) is 12.6 Å². The molecule has 0 radical (unpaired) electrons. The molecule has 0 atom stereocenters. The second kappa shape index (κ2) is 10.0. The summed E-state index contributed by atoms with van der Waals surface area (Å²) in [6, 6.07) is 7.73. The molecule has 6 nitrogen and oxygen atoms in total. The molecule has 2 heterocycles. The van der Waals surface area contributed by atoms with Gasteiger partial charge in [0, 0.05) is 17.5 Å². The summed E-state index contributed by atoms with van der Waals surface area (Å²) < 4.78 is 54.7. The van der Waals surface area contributed by atoms with Crippen LogP contribution < -0.4 is 5.32 Å². The number of thiazole rings is 1. The molecule has 35 heavy (non-hydrogen) atoms. The smallest absolute Gasteiger partial charge is 0.417 e. The molecule has 4 aromatic rings. The Hall–Kier alpha value is -3.44. The van der Waals surface area contributed by atoms with E-state index in [2.05, 4.69) is 20.5 Å². The lowest BCUT2D eigenvalue weighted by atomic mass is 9.97. The molecule has 11 heteroatoms. The van der Waals surface area contributed by atoms with Gasteiger partial charge in [0.05, 0.1) is 17.3 Å². The topological polar surface area (TPSA) is 77.1 Å². The third kappa shape index (κ3) is 5.80. The average Bonchev–Trinajstić information content (AvgIpc) is 3.41. The fraction of sp³-hybridized carbons (Fsp3) is 0.250. The molecule has 2 aromatic carbocycles. The van der Waals surface area contributed by atoms with Crippen LogP contribution in [0.5, 0.6) is 5.88 Å². The van der Waals surface area contributed by atoms with Gasteiger partial charge in [0.15, 0.2) is 5.13 Å². The fourth-order valence-corrected chi connectivity index (χ4v) is 4.52. The Labute approximate surface area is 202 Å². The molecule has 0 saturated heterocycles. The first kappa shape index (κ1) is 24.7. The molecule has 0 aliphatic carbocycles. The van der Waals surface area contributed by atoms with Crippen molar-refractivity contribution in [3.05, 3.63) is 70.0 Å². The SMILES string of the molecule is CN(C)CCCNc1nc(O)c(C(=Cc2ccc(F)cc2C(F)(F)F)c2ccc3[nH]ncc3c2)s1. The Kier molecular flexibility index (Phi) is 7.08. The molecule has 0 aliphatic heterocycles. The van der Waals surface area contributed by atoms with Crippen molar-refractivity contribution in [2.24, 2.45) is 0 Å². The van der Waals surface area contributed by atoms with E-state index in [1.165, 1.54) is 6.08 Å². The largest absolute Gasteiger partial charge is 0.492 e. The van der Waals surface area contributed by atoms with Crippen molar-refractivity contribution < 1.29 is 22.7 Å². The molecule has 0 amide bonds. The summed E-state index contributed by atoms with van der Waals surface area (Å²) in [5.74, 6) is -1.29. The van der Waals surface area contributed by atoms with Gasteiger partial charge in [-0.1, -0.05) is 23.5 Å². The van der Waals surface area contributed by atoms with Gasteiger partial charge in [-0.3, -0.25) is 5.10 Å². The minimum Gasteiger partial charge on any atom is -0.492 e. The van der Waals surface area contributed by atoms with E-state index in [9.17, 15) is 22.7 Å². The van der Waals surface area contributed by atoms with Crippen LogP contribution in [0.4, 0.5) is 22.7 Å². The van der Waals surface area contributed by atoms with Crippen molar-refractivity contribution in [2.75, 3.05) is 32.5 Å². The van der Waals surface area contributed by atoms with Gasteiger partial charge in [-0.05, 0) is 68.5 Å². The number of benzene rings is 2. The normalized spacial score (nSPS) is 12.6. The molecule has 0 aliphatic rings. The highest BCUT2D eigenvalue weighted by atomic mass is 32.1. The summed E-state index contributed by atoms with van der Waals surface area (Å²) >= 11 is 1.13. The van der Waals surface area contributed by atoms with Crippen molar-refractivity contribution in [3.63, 3.8) is 0 Å². The van der Waals surface area contributed by atoms with E-state index in [1.807, 2.05) is 19.0 Å². The molecular formula is C24H23F4N5OS. The minimum absolute atomic E-state index is 0.227. The third-order valence-electron chi connectivity index (χ3n) is 5.28. The zero-order chi connectivity index (χ0) is 25.2. The number of hydrogen-bond donors (Lipinski definition) is 3. The number of alkyl halides is 3. The van der Waals surface area contributed by atoms with Gasteiger partial charge in [-0.15, -0.1) is 0 Å². The number of nitrogens with one attached hydrogen (secondary N) is 2. The van der Waals surface area contributed by atoms with Gasteiger partial charge >= 0.3 is 6.18 Å². The van der Waals surface area contributed by atoms with Crippen LogP contribution in [0, 0.1) is 5.82 Å².